The van der Waals surface area contributed by atoms with Crippen LogP contribution in [0.3, 0.4) is 0 Å². The Hall–Kier alpha value is -4.19. The van der Waals surface area contributed by atoms with Gasteiger partial charge in [0.25, 0.3) is 11.8 Å². The maximum atomic E-state index is 13.8. The number of amidine groups is 1. The highest BCUT2D eigenvalue weighted by Crippen LogP contribution is 2.36. The maximum absolute atomic E-state index is 13.8. The summed E-state index contributed by atoms with van der Waals surface area (Å²) in [6.07, 6.45) is 4.58. The van der Waals surface area contributed by atoms with E-state index < -0.39 is 35.3 Å². The minimum absolute atomic E-state index is 0.00215. The number of fused-ring (bicyclic) bond motifs is 1. The Morgan fingerprint density at radius 1 is 1.06 bits per heavy atom. The second-order valence-corrected chi connectivity index (χ2v) is 13.7. The molecule has 0 bridgehead atoms. The molecule has 2 aromatic rings. The van der Waals surface area contributed by atoms with Crippen LogP contribution in [0, 0.1) is 0 Å². The number of nitrogens with one attached hydrogen (secondary N) is 2. The lowest BCUT2D eigenvalue weighted by Crippen LogP contribution is -2.54. The first-order chi connectivity index (χ1) is 22.8. The smallest absolute Gasteiger partial charge is 0.410 e. The van der Waals surface area contributed by atoms with Gasteiger partial charge in [-0.1, -0.05) is 41.4 Å². The van der Waals surface area contributed by atoms with Crippen LogP contribution in [0.1, 0.15) is 68.8 Å². The molecule has 0 radical (unpaired) electrons. The van der Waals surface area contributed by atoms with Crippen LogP contribution in [-0.2, 0) is 19.8 Å². The number of hydrogen-bond donors (Lipinski definition) is 3. The average Bonchev–Trinajstić information content (AvgIpc) is 3.02. The maximum Gasteiger partial charge on any atom is 0.410 e. The number of allylic oxidation sites excluding steroid dienone is 1. The highest BCUT2D eigenvalue weighted by molar-refractivity contribution is 6.34. The molecule has 1 atom stereocenters. The van der Waals surface area contributed by atoms with Gasteiger partial charge in [-0.3, -0.25) is 9.59 Å². The molecule has 0 aromatic heterocycles. The molecule has 1 saturated heterocycles. The lowest BCUT2D eigenvalue weighted by atomic mass is 9.80. The van der Waals surface area contributed by atoms with Gasteiger partial charge in [-0.15, -0.1) is 0 Å². The molecule has 1 fully saturated rings. The Bertz CT molecular complexity index is 1720. The monoisotopic (exact) mass is 695 g/mol. The quantitative estimate of drug-likeness (QED) is 0.331. The van der Waals surface area contributed by atoms with Gasteiger partial charge in [0.1, 0.15) is 5.60 Å². The van der Waals surface area contributed by atoms with E-state index in [0.29, 0.717) is 48.8 Å². The Balaban J connectivity index is 1.35. The summed E-state index contributed by atoms with van der Waals surface area (Å²) in [6.45, 7) is 6.14. The number of anilines is 1. The van der Waals surface area contributed by atoms with Gasteiger partial charge in [0.2, 0.25) is 0 Å². The standard InChI is InChI=1S/C35H39Cl2N5O6/c1-34(2,3)48-33(46)42-16-14-35(15-17-42,23-9-7-10-24(36)20-23)41-30(43)22-12-13-26(37)27(19-22)38-31(44)25-18-21-8-5-6-11-28(47-4)39-29(21)40-32(25)45/h7-10,12-13,18-20,32,45H,5-6,11,14-17H2,1-4H3,(H,38,44)(H,41,43)/b21-8-,39-28?. The number of rotatable bonds is 5. The number of carbonyl (C=O) groups excluding carboxylic acids is 3. The van der Waals surface area contributed by atoms with E-state index in [-0.39, 0.29) is 27.7 Å². The minimum atomic E-state index is -1.47. The SMILES string of the molecule is COC1=NC2=NC(O)C(C(=O)Nc3cc(C(=O)NC4(c5cccc(Cl)c5)CCN(C(=O)OC(C)(C)C)CC4)ccc3Cl)=C/C2=C/CCC1. The topological polar surface area (TPSA) is 142 Å². The first kappa shape index (κ1) is 35.1. The van der Waals surface area contributed by atoms with Gasteiger partial charge in [0, 0.05) is 35.7 Å². The molecule has 2 aromatic carbocycles. The van der Waals surface area contributed by atoms with E-state index in [4.69, 9.17) is 32.7 Å². The van der Waals surface area contributed by atoms with Crippen molar-refractivity contribution in [1.82, 2.24) is 10.2 Å². The number of likely N-dealkylation sites (tertiary alicyclic amines) is 1. The number of aliphatic hydroxyl groups excluding tert-OH is 1. The fourth-order valence-electron chi connectivity index (χ4n) is 5.74. The van der Waals surface area contributed by atoms with Crippen molar-refractivity contribution < 1.29 is 29.0 Å². The fourth-order valence-corrected chi connectivity index (χ4v) is 6.10. The zero-order chi connectivity index (χ0) is 34.6. The lowest BCUT2D eigenvalue weighted by molar-refractivity contribution is -0.113. The van der Waals surface area contributed by atoms with Gasteiger partial charge in [0.15, 0.2) is 18.0 Å². The van der Waals surface area contributed by atoms with Gasteiger partial charge in [-0.05, 0) is 88.4 Å². The van der Waals surface area contributed by atoms with Crippen LogP contribution in [0.25, 0.3) is 0 Å². The normalized spacial score (nSPS) is 20.3. The molecule has 5 rings (SSSR count). The number of methoxy groups -OCH3 is 1. The van der Waals surface area contributed by atoms with Gasteiger partial charge in [-0.2, -0.15) is 4.99 Å². The zero-order valence-electron chi connectivity index (χ0n) is 27.3. The predicted octanol–water partition coefficient (Wildman–Crippen LogP) is 6.40. The van der Waals surface area contributed by atoms with E-state index in [0.717, 1.165) is 18.4 Å². The number of halogens is 2. The number of nitrogens with zero attached hydrogens (tertiary/aromatic N) is 3. The predicted molar refractivity (Wildman–Crippen MR) is 186 cm³/mol. The van der Waals surface area contributed by atoms with E-state index in [2.05, 4.69) is 20.6 Å². The Morgan fingerprint density at radius 2 is 1.81 bits per heavy atom. The molecule has 3 aliphatic heterocycles. The molecular weight excluding hydrogens is 657 g/mol. The molecule has 0 aliphatic carbocycles. The molecular formula is C35H39Cl2N5O6. The molecule has 3 N–H and O–H groups in total. The molecule has 254 valence electrons. The molecule has 3 heterocycles. The Labute approximate surface area is 289 Å². The van der Waals surface area contributed by atoms with Crippen molar-refractivity contribution >= 4 is 58.5 Å². The van der Waals surface area contributed by atoms with Crippen LogP contribution in [-0.4, -0.2) is 71.7 Å². The molecule has 1 unspecified atom stereocenters. The van der Waals surface area contributed by atoms with E-state index >= 15 is 0 Å². The molecule has 3 amide bonds. The summed E-state index contributed by atoms with van der Waals surface area (Å²) < 4.78 is 10.9. The van der Waals surface area contributed by atoms with Crippen molar-refractivity contribution in [2.45, 2.75) is 70.2 Å². The molecule has 13 heteroatoms. The summed E-state index contributed by atoms with van der Waals surface area (Å²) in [5.74, 6) is -0.252. The third kappa shape index (κ3) is 8.26. The third-order valence-electron chi connectivity index (χ3n) is 8.25. The van der Waals surface area contributed by atoms with Crippen molar-refractivity contribution in [2.24, 2.45) is 9.98 Å². The zero-order valence-corrected chi connectivity index (χ0v) is 28.8. The number of hydrogen-bond acceptors (Lipinski definition) is 8. The number of carbonyl (C=O) groups is 3. The molecule has 0 saturated carbocycles. The number of aliphatic hydroxyl groups is 1. The van der Waals surface area contributed by atoms with E-state index in [1.807, 2.05) is 45.0 Å². The largest absolute Gasteiger partial charge is 0.484 e. The summed E-state index contributed by atoms with van der Waals surface area (Å²) in [5.41, 5.74) is 0.356. The van der Waals surface area contributed by atoms with Crippen molar-refractivity contribution in [2.75, 3.05) is 25.5 Å². The Morgan fingerprint density at radius 3 is 2.50 bits per heavy atom. The van der Waals surface area contributed by atoms with Gasteiger partial charge < -0.3 is 30.1 Å². The number of dihydropyridines is 1. The van der Waals surface area contributed by atoms with Crippen molar-refractivity contribution in [3.05, 3.63) is 86.9 Å². The van der Waals surface area contributed by atoms with Crippen LogP contribution in [0.5, 0.6) is 0 Å². The first-order valence-electron chi connectivity index (χ1n) is 15.7. The molecule has 48 heavy (non-hydrogen) atoms. The third-order valence-corrected chi connectivity index (χ3v) is 8.82. The summed E-state index contributed by atoms with van der Waals surface area (Å²) in [5, 5.41) is 17.4. The van der Waals surface area contributed by atoms with E-state index in [9.17, 15) is 19.5 Å². The Kier molecular flexibility index (Phi) is 10.6. The summed E-state index contributed by atoms with van der Waals surface area (Å²) in [6, 6.07) is 11.8. The second-order valence-electron chi connectivity index (χ2n) is 12.9. The van der Waals surface area contributed by atoms with Gasteiger partial charge >= 0.3 is 6.09 Å². The fraction of sp³-hybridized carbons (Fsp3) is 0.400. The van der Waals surface area contributed by atoms with Gasteiger partial charge in [-0.25, -0.2) is 9.79 Å². The summed E-state index contributed by atoms with van der Waals surface area (Å²) >= 11 is 12.8. The van der Waals surface area contributed by atoms with Crippen molar-refractivity contribution in [3.8, 4) is 0 Å². The van der Waals surface area contributed by atoms with Crippen LogP contribution >= 0.6 is 23.2 Å². The van der Waals surface area contributed by atoms with Crippen molar-refractivity contribution in [1.29, 1.82) is 0 Å². The minimum Gasteiger partial charge on any atom is -0.484 e. The van der Waals surface area contributed by atoms with Crippen LogP contribution in [0.15, 0.2) is 75.7 Å². The number of benzene rings is 2. The lowest BCUT2D eigenvalue weighted by Gasteiger charge is -2.43. The summed E-state index contributed by atoms with van der Waals surface area (Å²) in [7, 11) is 1.53. The highest BCUT2D eigenvalue weighted by atomic mass is 35.5. The summed E-state index contributed by atoms with van der Waals surface area (Å²) in [4.78, 5) is 50.3. The number of aliphatic imine (C=N–C) groups is 2. The molecule has 11 nitrogen and oxygen atoms in total. The molecule has 3 aliphatic rings. The van der Waals surface area contributed by atoms with Crippen molar-refractivity contribution in [3.63, 3.8) is 0 Å². The number of ether oxygens (including phenoxy) is 2. The number of amides is 3. The number of piperidine rings is 1. The van der Waals surface area contributed by atoms with Crippen LogP contribution in [0.2, 0.25) is 10.0 Å². The van der Waals surface area contributed by atoms with Gasteiger partial charge in [0.05, 0.1) is 28.9 Å². The average molecular weight is 697 g/mol. The van der Waals surface area contributed by atoms with E-state index in [1.165, 1.54) is 19.2 Å². The first-order valence-corrected chi connectivity index (χ1v) is 16.5. The highest BCUT2D eigenvalue weighted by Gasteiger charge is 2.40. The van der Waals surface area contributed by atoms with Crippen LogP contribution < -0.4 is 10.6 Å². The second kappa shape index (κ2) is 14.5. The van der Waals surface area contributed by atoms with E-state index in [1.54, 1.807) is 23.1 Å². The van der Waals surface area contributed by atoms with Crippen LogP contribution in [0.4, 0.5) is 10.5 Å². The molecule has 0 spiro atoms.